The fourth-order valence-corrected chi connectivity index (χ4v) is 2.45. The monoisotopic (exact) mass is 493 g/mol. The van der Waals surface area contributed by atoms with Crippen LogP contribution in [0.4, 0.5) is 8.78 Å². The zero-order valence-corrected chi connectivity index (χ0v) is 17.8. The number of nitrogens with one attached hydrogen (secondary N) is 1. The molecule has 0 amide bonds. The van der Waals surface area contributed by atoms with Crippen LogP contribution in [0, 0.1) is 0 Å². The van der Waals surface area contributed by atoms with Crippen LogP contribution in [0.25, 0.3) is 0 Å². The van der Waals surface area contributed by atoms with Crippen LogP contribution >= 0.6 is 24.0 Å². The summed E-state index contributed by atoms with van der Waals surface area (Å²) >= 11 is 0. The summed E-state index contributed by atoms with van der Waals surface area (Å²) < 4.78 is 30.6. The number of rotatable bonds is 9. The molecule has 0 saturated carbocycles. The van der Waals surface area contributed by atoms with Crippen LogP contribution in [-0.4, -0.2) is 47.4 Å². The zero-order chi connectivity index (χ0) is 18.8. The standard InChI is InChI=1S/C18H25F2N5O.HI/c1-3-21-18(22-10-4-12-25-13-5-11-23-25)24(2)14-15-6-8-16(9-7-15)26-17(19)20;/h5-9,11,13,17H,3-4,10,12,14H2,1-2H3,(H,21,22);1H. The summed E-state index contributed by atoms with van der Waals surface area (Å²) in [5.41, 5.74) is 0.983. The number of nitrogens with zero attached hydrogens (tertiary/aromatic N) is 4. The average Bonchev–Trinajstić information content (AvgIpc) is 3.12. The minimum Gasteiger partial charge on any atom is -0.435 e. The third-order valence-corrected chi connectivity index (χ3v) is 3.63. The Morgan fingerprint density at radius 2 is 2.07 bits per heavy atom. The summed E-state index contributed by atoms with van der Waals surface area (Å²) in [5.74, 6) is 0.964. The van der Waals surface area contributed by atoms with Crippen LogP contribution in [0.3, 0.4) is 0 Å². The molecule has 0 unspecified atom stereocenters. The first-order valence-electron chi connectivity index (χ1n) is 8.59. The molecule has 0 aliphatic carbocycles. The number of alkyl halides is 2. The first-order chi connectivity index (χ1) is 12.6. The Balaban J connectivity index is 0.00000364. The Morgan fingerprint density at radius 1 is 1.33 bits per heavy atom. The number of hydrogen-bond donors (Lipinski definition) is 1. The number of benzene rings is 1. The van der Waals surface area contributed by atoms with Gasteiger partial charge in [0.1, 0.15) is 5.75 Å². The van der Waals surface area contributed by atoms with E-state index in [4.69, 9.17) is 0 Å². The van der Waals surface area contributed by atoms with Crippen molar-refractivity contribution in [2.75, 3.05) is 20.1 Å². The van der Waals surface area contributed by atoms with Gasteiger partial charge in [-0.2, -0.15) is 13.9 Å². The molecule has 27 heavy (non-hydrogen) atoms. The summed E-state index contributed by atoms with van der Waals surface area (Å²) in [4.78, 5) is 6.63. The van der Waals surface area contributed by atoms with Crippen molar-refractivity contribution in [3.63, 3.8) is 0 Å². The minimum atomic E-state index is -2.81. The van der Waals surface area contributed by atoms with Crippen molar-refractivity contribution >= 4 is 29.9 Å². The zero-order valence-electron chi connectivity index (χ0n) is 15.5. The lowest BCUT2D eigenvalue weighted by Crippen LogP contribution is -2.38. The topological polar surface area (TPSA) is 54.7 Å². The number of aromatic nitrogens is 2. The fourth-order valence-electron chi connectivity index (χ4n) is 2.45. The van der Waals surface area contributed by atoms with Crippen molar-refractivity contribution in [1.29, 1.82) is 0 Å². The Labute approximate surface area is 175 Å². The van der Waals surface area contributed by atoms with E-state index in [1.54, 1.807) is 30.5 Å². The maximum absolute atomic E-state index is 12.2. The Kier molecular flexibility index (Phi) is 10.7. The largest absolute Gasteiger partial charge is 0.435 e. The molecule has 0 saturated heterocycles. The van der Waals surface area contributed by atoms with Crippen LogP contribution in [-0.2, 0) is 13.1 Å². The molecule has 2 rings (SSSR count). The van der Waals surface area contributed by atoms with E-state index >= 15 is 0 Å². The molecule has 1 N–H and O–H groups in total. The highest BCUT2D eigenvalue weighted by atomic mass is 127. The summed E-state index contributed by atoms with van der Waals surface area (Å²) in [7, 11) is 1.94. The van der Waals surface area contributed by atoms with Gasteiger partial charge in [0.15, 0.2) is 5.96 Å². The summed E-state index contributed by atoms with van der Waals surface area (Å²) in [6.07, 6.45) is 4.59. The molecule has 0 fully saturated rings. The van der Waals surface area contributed by atoms with Crippen molar-refractivity contribution in [1.82, 2.24) is 20.0 Å². The van der Waals surface area contributed by atoms with Crippen LogP contribution < -0.4 is 10.1 Å². The molecule has 6 nitrogen and oxygen atoms in total. The Bertz CT molecular complexity index is 665. The van der Waals surface area contributed by atoms with Gasteiger partial charge in [-0.15, -0.1) is 24.0 Å². The van der Waals surface area contributed by atoms with Crippen LogP contribution in [0.2, 0.25) is 0 Å². The molecule has 9 heteroatoms. The second kappa shape index (κ2) is 12.5. The van der Waals surface area contributed by atoms with Gasteiger partial charge >= 0.3 is 6.61 Å². The van der Waals surface area contributed by atoms with E-state index in [9.17, 15) is 8.78 Å². The van der Waals surface area contributed by atoms with Gasteiger partial charge in [0, 0.05) is 45.6 Å². The van der Waals surface area contributed by atoms with Crippen molar-refractivity contribution in [2.45, 2.75) is 33.0 Å². The lowest BCUT2D eigenvalue weighted by molar-refractivity contribution is -0.0498. The third-order valence-electron chi connectivity index (χ3n) is 3.63. The quantitative estimate of drug-likeness (QED) is 0.251. The number of guanidine groups is 1. The lowest BCUT2D eigenvalue weighted by Gasteiger charge is -2.22. The molecule has 0 radical (unpaired) electrons. The molecule has 150 valence electrons. The third kappa shape index (κ3) is 8.55. The SMILES string of the molecule is CCNC(=NCCCn1cccn1)N(C)Cc1ccc(OC(F)F)cc1.I. The Morgan fingerprint density at radius 3 is 2.67 bits per heavy atom. The van der Waals surface area contributed by atoms with E-state index < -0.39 is 6.61 Å². The molecular weight excluding hydrogens is 467 g/mol. The van der Waals surface area contributed by atoms with Gasteiger partial charge < -0.3 is 15.0 Å². The smallest absolute Gasteiger partial charge is 0.387 e. The highest BCUT2D eigenvalue weighted by Crippen LogP contribution is 2.15. The first-order valence-corrected chi connectivity index (χ1v) is 8.59. The van der Waals surface area contributed by atoms with Crippen molar-refractivity contribution < 1.29 is 13.5 Å². The molecule has 0 atom stereocenters. The predicted molar refractivity (Wildman–Crippen MR) is 113 cm³/mol. The molecule has 0 spiro atoms. The molecule has 1 heterocycles. The predicted octanol–water partition coefficient (Wildman–Crippen LogP) is 3.59. The van der Waals surface area contributed by atoms with Gasteiger partial charge in [-0.05, 0) is 37.1 Å². The van der Waals surface area contributed by atoms with E-state index in [1.165, 1.54) is 0 Å². The van der Waals surface area contributed by atoms with Crippen molar-refractivity contribution in [3.05, 3.63) is 48.3 Å². The van der Waals surface area contributed by atoms with Crippen molar-refractivity contribution in [3.8, 4) is 5.75 Å². The van der Waals surface area contributed by atoms with Crippen LogP contribution in [0.5, 0.6) is 5.75 Å². The first kappa shape index (κ1) is 23.1. The molecule has 0 aliphatic rings. The van der Waals surface area contributed by atoms with Crippen LogP contribution in [0.15, 0.2) is 47.7 Å². The second-order valence-electron chi connectivity index (χ2n) is 5.74. The number of ether oxygens (including phenoxy) is 1. The Hall–Kier alpha value is -1.91. The van der Waals surface area contributed by atoms with E-state index in [-0.39, 0.29) is 29.7 Å². The van der Waals surface area contributed by atoms with E-state index in [1.807, 2.05) is 35.8 Å². The van der Waals surface area contributed by atoms with E-state index in [0.29, 0.717) is 13.1 Å². The van der Waals surface area contributed by atoms with Gasteiger partial charge in [0.25, 0.3) is 0 Å². The molecule has 1 aromatic heterocycles. The summed E-state index contributed by atoms with van der Waals surface area (Å²) in [6.45, 7) is 2.10. The highest BCUT2D eigenvalue weighted by Gasteiger charge is 2.08. The normalized spacial score (nSPS) is 11.2. The fraction of sp³-hybridized carbons (Fsp3) is 0.444. The van der Waals surface area contributed by atoms with Gasteiger partial charge in [0.05, 0.1) is 0 Å². The molecule has 0 bridgehead atoms. The highest BCUT2D eigenvalue weighted by molar-refractivity contribution is 14.0. The van der Waals surface area contributed by atoms with Gasteiger partial charge in [-0.25, -0.2) is 0 Å². The summed E-state index contributed by atoms with van der Waals surface area (Å²) in [5, 5.41) is 7.43. The maximum Gasteiger partial charge on any atom is 0.387 e. The number of halogens is 3. The second-order valence-corrected chi connectivity index (χ2v) is 5.74. The minimum absolute atomic E-state index is 0. The van der Waals surface area contributed by atoms with Crippen molar-refractivity contribution in [2.24, 2.45) is 4.99 Å². The number of aryl methyl sites for hydroxylation is 1. The number of hydrogen-bond acceptors (Lipinski definition) is 3. The maximum atomic E-state index is 12.2. The summed E-state index contributed by atoms with van der Waals surface area (Å²) in [6, 6.07) is 8.54. The molecule has 0 aliphatic heterocycles. The average molecular weight is 493 g/mol. The molecule has 2 aromatic rings. The van der Waals surface area contributed by atoms with E-state index in [2.05, 4.69) is 20.1 Å². The lowest BCUT2D eigenvalue weighted by atomic mass is 10.2. The van der Waals surface area contributed by atoms with Gasteiger partial charge in [-0.1, -0.05) is 12.1 Å². The molecule has 1 aromatic carbocycles. The van der Waals surface area contributed by atoms with Gasteiger partial charge in [-0.3, -0.25) is 9.67 Å². The number of aliphatic imine (C=N–C) groups is 1. The van der Waals surface area contributed by atoms with Crippen LogP contribution in [0.1, 0.15) is 18.9 Å². The van der Waals surface area contributed by atoms with E-state index in [0.717, 1.165) is 31.0 Å². The molecular formula is C18H26F2IN5O. The van der Waals surface area contributed by atoms with Gasteiger partial charge in [0.2, 0.25) is 0 Å².